The Morgan fingerprint density at radius 2 is 2.18 bits per heavy atom. The van der Waals surface area contributed by atoms with Gasteiger partial charge in [-0.25, -0.2) is 0 Å². The van der Waals surface area contributed by atoms with Crippen molar-refractivity contribution in [3.8, 4) is 0 Å². The Hall–Kier alpha value is -0.460. The summed E-state index contributed by atoms with van der Waals surface area (Å²) in [6.45, 7) is 6.56. The number of halogens is 1. The monoisotopic (exact) mass is 318 g/mol. The zero-order chi connectivity index (χ0) is 13.0. The molecule has 0 saturated heterocycles. The Morgan fingerprint density at radius 1 is 1.53 bits per heavy atom. The van der Waals surface area contributed by atoms with Crippen molar-refractivity contribution in [2.75, 3.05) is 13.1 Å². The average molecular weight is 319 g/mol. The molecule has 6 heteroatoms. The van der Waals surface area contributed by atoms with E-state index in [0.717, 1.165) is 29.7 Å². The van der Waals surface area contributed by atoms with E-state index in [0.29, 0.717) is 11.5 Å². The third kappa shape index (κ3) is 3.76. The van der Waals surface area contributed by atoms with E-state index in [-0.39, 0.29) is 0 Å². The van der Waals surface area contributed by atoms with Crippen LogP contribution in [0.3, 0.4) is 0 Å². The highest BCUT2D eigenvalue weighted by atomic mass is 79.9. The van der Waals surface area contributed by atoms with Gasteiger partial charge in [-0.2, -0.15) is 5.10 Å². The molecule has 1 rings (SSSR count). The fraction of sp³-hybridized carbons (Fsp3) is 0.636. The van der Waals surface area contributed by atoms with Crippen LogP contribution in [-0.4, -0.2) is 32.8 Å². The van der Waals surface area contributed by atoms with Crippen LogP contribution in [0.4, 0.5) is 0 Å². The fourth-order valence-electron chi connectivity index (χ4n) is 1.70. The third-order valence-electron chi connectivity index (χ3n) is 2.70. The van der Waals surface area contributed by atoms with Gasteiger partial charge >= 0.3 is 0 Å². The number of thiocarbonyl (C=S) groups is 1. The Bertz CT molecular complexity index is 402. The van der Waals surface area contributed by atoms with Gasteiger partial charge in [0.05, 0.1) is 20.8 Å². The summed E-state index contributed by atoms with van der Waals surface area (Å²) in [5.74, 6) is 0. The molecule has 0 aliphatic carbocycles. The molecule has 2 N–H and O–H groups in total. The molecule has 96 valence electrons. The van der Waals surface area contributed by atoms with Crippen LogP contribution in [0.5, 0.6) is 0 Å². The first-order valence-electron chi connectivity index (χ1n) is 5.70. The molecular weight excluding hydrogens is 300 g/mol. The number of aromatic nitrogens is 2. The van der Waals surface area contributed by atoms with E-state index in [1.165, 1.54) is 5.69 Å². The van der Waals surface area contributed by atoms with E-state index in [1.807, 2.05) is 11.7 Å². The van der Waals surface area contributed by atoms with Crippen LogP contribution in [0.2, 0.25) is 0 Å². The molecule has 0 radical (unpaired) electrons. The van der Waals surface area contributed by atoms with Crippen molar-refractivity contribution in [1.29, 1.82) is 0 Å². The van der Waals surface area contributed by atoms with E-state index in [4.69, 9.17) is 18.0 Å². The van der Waals surface area contributed by atoms with Gasteiger partial charge < -0.3 is 5.73 Å². The molecule has 0 atom stereocenters. The number of nitrogens with two attached hydrogens (primary N) is 1. The van der Waals surface area contributed by atoms with Crippen LogP contribution in [0.15, 0.2) is 4.47 Å². The van der Waals surface area contributed by atoms with Crippen molar-refractivity contribution in [2.24, 2.45) is 12.8 Å². The van der Waals surface area contributed by atoms with Crippen molar-refractivity contribution in [2.45, 2.75) is 26.8 Å². The zero-order valence-electron chi connectivity index (χ0n) is 10.5. The summed E-state index contributed by atoms with van der Waals surface area (Å²) in [6.07, 6.45) is 0.926. The predicted octanol–water partition coefficient (Wildman–Crippen LogP) is 1.85. The average Bonchev–Trinajstić information content (AvgIpc) is 2.54. The van der Waals surface area contributed by atoms with Crippen molar-refractivity contribution >= 4 is 33.1 Å². The molecule has 1 aromatic rings. The summed E-state index contributed by atoms with van der Waals surface area (Å²) in [7, 11) is 1.97. The lowest BCUT2D eigenvalue weighted by Gasteiger charge is -2.19. The smallest absolute Gasteiger partial charge is 0.0870 e. The lowest BCUT2D eigenvalue weighted by atomic mass is 10.3. The lowest BCUT2D eigenvalue weighted by molar-refractivity contribution is 0.311. The molecule has 0 bridgehead atoms. The van der Waals surface area contributed by atoms with Crippen molar-refractivity contribution < 1.29 is 0 Å². The Balaban J connectivity index is 2.85. The second-order valence-electron chi connectivity index (χ2n) is 3.95. The first-order valence-corrected chi connectivity index (χ1v) is 6.90. The standard InChI is InChI=1S/C11H19BrN4S/c1-4-8-11(12)9(15(3)14-8)6-16(5-2)7-10(13)17/h4-7H2,1-3H3,(H2,13,17). The van der Waals surface area contributed by atoms with Crippen molar-refractivity contribution in [3.05, 3.63) is 15.9 Å². The van der Waals surface area contributed by atoms with E-state index in [2.05, 4.69) is 39.8 Å². The summed E-state index contributed by atoms with van der Waals surface area (Å²) >= 11 is 8.56. The van der Waals surface area contributed by atoms with E-state index < -0.39 is 0 Å². The van der Waals surface area contributed by atoms with Crippen LogP contribution in [-0.2, 0) is 20.0 Å². The molecular formula is C11H19BrN4S. The third-order valence-corrected chi connectivity index (χ3v) is 3.75. The summed E-state index contributed by atoms with van der Waals surface area (Å²) in [5.41, 5.74) is 7.84. The number of hydrogen-bond acceptors (Lipinski definition) is 3. The van der Waals surface area contributed by atoms with Gasteiger partial charge in [0.15, 0.2) is 0 Å². The zero-order valence-corrected chi connectivity index (χ0v) is 12.9. The number of aryl methyl sites for hydroxylation is 2. The summed E-state index contributed by atoms with van der Waals surface area (Å²) < 4.78 is 3.02. The number of nitrogens with zero attached hydrogens (tertiary/aromatic N) is 3. The van der Waals surface area contributed by atoms with Crippen LogP contribution < -0.4 is 5.73 Å². The van der Waals surface area contributed by atoms with Crippen LogP contribution in [0.25, 0.3) is 0 Å². The highest BCUT2D eigenvalue weighted by Gasteiger charge is 2.15. The minimum absolute atomic E-state index is 0.529. The minimum Gasteiger partial charge on any atom is -0.392 e. The molecule has 17 heavy (non-hydrogen) atoms. The second kappa shape index (κ2) is 6.47. The van der Waals surface area contributed by atoms with Gasteiger partial charge in [0.25, 0.3) is 0 Å². The Kier molecular flexibility index (Phi) is 5.55. The molecule has 0 aliphatic rings. The van der Waals surface area contributed by atoms with Gasteiger partial charge in [0, 0.05) is 20.1 Å². The maximum absolute atomic E-state index is 5.59. The summed E-state index contributed by atoms with van der Waals surface area (Å²) in [5, 5.41) is 4.47. The van der Waals surface area contributed by atoms with Gasteiger partial charge in [-0.1, -0.05) is 26.1 Å². The van der Waals surface area contributed by atoms with Gasteiger partial charge in [0.1, 0.15) is 0 Å². The molecule has 0 fully saturated rings. The van der Waals surface area contributed by atoms with E-state index in [1.54, 1.807) is 0 Å². The summed E-state index contributed by atoms with van der Waals surface area (Å²) in [6, 6.07) is 0. The van der Waals surface area contributed by atoms with Gasteiger partial charge in [0.2, 0.25) is 0 Å². The van der Waals surface area contributed by atoms with Crippen molar-refractivity contribution in [3.63, 3.8) is 0 Å². The first-order chi connectivity index (χ1) is 7.99. The Labute approximate surface area is 116 Å². The second-order valence-corrected chi connectivity index (χ2v) is 5.27. The molecule has 0 spiro atoms. The van der Waals surface area contributed by atoms with Crippen LogP contribution in [0, 0.1) is 0 Å². The minimum atomic E-state index is 0.529. The molecule has 1 aromatic heterocycles. The van der Waals surface area contributed by atoms with E-state index in [9.17, 15) is 0 Å². The van der Waals surface area contributed by atoms with Gasteiger partial charge in [-0.15, -0.1) is 0 Å². The lowest BCUT2D eigenvalue weighted by Crippen LogP contribution is -2.32. The number of rotatable bonds is 6. The normalized spacial score (nSPS) is 11.1. The first kappa shape index (κ1) is 14.6. The van der Waals surface area contributed by atoms with Gasteiger partial charge in [-0.3, -0.25) is 9.58 Å². The topological polar surface area (TPSA) is 47.1 Å². The highest BCUT2D eigenvalue weighted by molar-refractivity contribution is 9.10. The van der Waals surface area contributed by atoms with Gasteiger partial charge in [-0.05, 0) is 28.9 Å². The molecule has 1 heterocycles. The molecule has 0 unspecified atom stereocenters. The molecule has 0 amide bonds. The highest BCUT2D eigenvalue weighted by Crippen LogP contribution is 2.22. The van der Waals surface area contributed by atoms with Crippen molar-refractivity contribution in [1.82, 2.24) is 14.7 Å². The number of likely N-dealkylation sites (N-methyl/N-ethyl adjacent to an activating group) is 1. The molecule has 0 aliphatic heterocycles. The maximum Gasteiger partial charge on any atom is 0.0870 e. The maximum atomic E-state index is 5.59. The SMILES string of the molecule is CCc1nn(C)c(CN(CC)CC(N)=S)c1Br. The fourth-order valence-corrected chi connectivity index (χ4v) is 2.63. The van der Waals surface area contributed by atoms with E-state index >= 15 is 0 Å². The van der Waals surface area contributed by atoms with Crippen LogP contribution in [0.1, 0.15) is 25.2 Å². The summed E-state index contributed by atoms with van der Waals surface area (Å²) in [4.78, 5) is 2.73. The molecule has 0 aromatic carbocycles. The Morgan fingerprint density at radius 3 is 2.59 bits per heavy atom. The largest absolute Gasteiger partial charge is 0.392 e. The quantitative estimate of drug-likeness (QED) is 0.813. The molecule has 4 nitrogen and oxygen atoms in total. The number of hydrogen-bond donors (Lipinski definition) is 1. The molecule has 0 saturated carbocycles. The van der Waals surface area contributed by atoms with Crippen LogP contribution >= 0.6 is 28.1 Å². The predicted molar refractivity (Wildman–Crippen MR) is 78.0 cm³/mol.